The van der Waals surface area contributed by atoms with Gasteiger partial charge >= 0.3 is 0 Å². The normalized spacial score (nSPS) is 11.2. The van der Waals surface area contributed by atoms with Gasteiger partial charge in [0, 0.05) is 38.1 Å². The lowest BCUT2D eigenvalue weighted by molar-refractivity contribution is 0.409. The molecule has 0 atom stereocenters. The number of nitrogens with zero attached hydrogens (tertiary/aromatic N) is 2. The fourth-order valence-electron chi connectivity index (χ4n) is 2.35. The summed E-state index contributed by atoms with van der Waals surface area (Å²) in [6.45, 7) is 3.56. The molecule has 5 heteroatoms. The number of benzene rings is 1. The van der Waals surface area contributed by atoms with E-state index in [9.17, 15) is 0 Å². The highest BCUT2D eigenvalue weighted by molar-refractivity contribution is 5.79. The number of pyridine rings is 1. The molecule has 0 aliphatic carbocycles. The number of aromatic nitrogens is 1. The fourth-order valence-corrected chi connectivity index (χ4v) is 2.35. The first kappa shape index (κ1) is 16.8. The van der Waals surface area contributed by atoms with E-state index in [1.54, 1.807) is 14.2 Å². The number of aryl methyl sites for hydroxylation is 1. The van der Waals surface area contributed by atoms with Gasteiger partial charge in [0.15, 0.2) is 5.96 Å². The molecule has 0 amide bonds. The summed E-state index contributed by atoms with van der Waals surface area (Å²) in [5.41, 5.74) is 3.61. The minimum Gasteiger partial charge on any atom is -0.496 e. The van der Waals surface area contributed by atoms with Crippen LogP contribution < -0.4 is 15.4 Å². The zero-order chi connectivity index (χ0) is 16.5. The fraction of sp³-hybridized carbons (Fsp3) is 0.333. The number of hydrogen-bond acceptors (Lipinski definition) is 3. The summed E-state index contributed by atoms with van der Waals surface area (Å²) in [4.78, 5) is 8.37. The van der Waals surface area contributed by atoms with Gasteiger partial charge in [0.05, 0.1) is 7.11 Å². The number of methoxy groups -OCH3 is 1. The van der Waals surface area contributed by atoms with Crippen molar-refractivity contribution in [2.24, 2.45) is 4.99 Å². The SMILES string of the molecule is CN=C(NCCc1ccncc1C)NCc1ccccc1OC. The van der Waals surface area contributed by atoms with E-state index in [2.05, 4.69) is 33.6 Å². The Morgan fingerprint density at radius 2 is 2.00 bits per heavy atom. The average molecular weight is 312 g/mol. The van der Waals surface area contributed by atoms with Crippen molar-refractivity contribution in [1.82, 2.24) is 15.6 Å². The van der Waals surface area contributed by atoms with Crippen molar-refractivity contribution < 1.29 is 4.74 Å². The van der Waals surface area contributed by atoms with Crippen molar-refractivity contribution in [2.75, 3.05) is 20.7 Å². The van der Waals surface area contributed by atoms with Crippen molar-refractivity contribution >= 4 is 5.96 Å². The lowest BCUT2D eigenvalue weighted by Gasteiger charge is -2.14. The van der Waals surface area contributed by atoms with Crippen LogP contribution in [-0.4, -0.2) is 31.6 Å². The zero-order valence-corrected chi connectivity index (χ0v) is 14.0. The summed E-state index contributed by atoms with van der Waals surface area (Å²) in [5.74, 6) is 1.66. The minimum atomic E-state index is 0.665. The van der Waals surface area contributed by atoms with Crippen molar-refractivity contribution in [1.29, 1.82) is 0 Å². The molecule has 0 saturated carbocycles. The zero-order valence-electron chi connectivity index (χ0n) is 14.0. The number of hydrogen-bond donors (Lipinski definition) is 2. The molecule has 0 spiro atoms. The summed E-state index contributed by atoms with van der Waals surface area (Å²) < 4.78 is 5.36. The molecule has 2 aromatic rings. The summed E-state index contributed by atoms with van der Waals surface area (Å²) >= 11 is 0. The van der Waals surface area contributed by atoms with Crippen molar-refractivity contribution in [3.05, 3.63) is 59.4 Å². The quantitative estimate of drug-likeness (QED) is 0.635. The molecule has 0 fully saturated rings. The second-order valence-electron chi connectivity index (χ2n) is 5.22. The van der Waals surface area contributed by atoms with Crippen LogP contribution in [0.4, 0.5) is 0 Å². The maximum absolute atomic E-state index is 5.36. The number of ether oxygens (including phenoxy) is 1. The van der Waals surface area contributed by atoms with E-state index in [1.165, 1.54) is 11.1 Å². The highest BCUT2D eigenvalue weighted by Gasteiger charge is 2.04. The van der Waals surface area contributed by atoms with Crippen LogP contribution in [0.1, 0.15) is 16.7 Å². The van der Waals surface area contributed by atoms with Crippen molar-refractivity contribution in [3.8, 4) is 5.75 Å². The molecule has 1 aromatic carbocycles. The van der Waals surface area contributed by atoms with Crippen LogP contribution in [0.2, 0.25) is 0 Å². The number of nitrogens with one attached hydrogen (secondary N) is 2. The van der Waals surface area contributed by atoms with E-state index >= 15 is 0 Å². The Bertz CT molecular complexity index is 655. The van der Waals surface area contributed by atoms with Gasteiger partial charge in [-0.25, -0.2) is 0 Å². The molecule has 0 aliphatic rings. The van der Waals surface area contributed by atoms with Gasteiger partial charge < -0.3 is 15.4 Å². The Morgan fingerprint density at radius 1 is 1.17 bits per heavy atom. The van der Waals surface area contributed by atoms with Crippen molar-refractivity contribution in [3.63, 3.8) is 0 Å². The number of guanidine groups is 1. The standard InChI is InChI=1S/C18H24N4O/c1-14-12-20-10-8-15(14)9-11-21-18(19-2)22-13-16-6-4-5-7-17(16)23-3/h4-8,10,12H,9,11,13H2,1-3H3,(H2,19,21,22). The molecule has 0 aliphatic heterocycles. The van der Waals surface area contributed by atoms with E-state index in [0.717, 1.165) is 30.2 Å². The number of para-hydroxylation sites is 1. The van der Waals surface area contributed by atoms with Gasteiger partial charge in [0.1, 0.15) is 5.75 Å². The summed E-state index contributed by atoms with van der Waals surface area (Å²) in [7, 11) is 3.46. The Kier molecular flexibility index (Phi) is 6.41. The maximum Gasteiger partial charge on any atom is 0.191 e. The lowest BCUT2D eigenvalue weighted by Crippen LogP contribution is -2.38. The Labute approximate surface area is 137 Å². The molecule has 0 bridgehead atoms. The molecule has 2 N–H and O–H groups in total. The first-order valence-corrected chi connectivity index (χ1v) is 7.70. The van der Waals surface area contributed by atoms with E-state index in [0.29, 0.717) is 6.54 Å². The smallest absolute Gasteiger partial charge is 0.191 e. The van der Waals surface area contributed by atoms with E-state index in [1.807, 2.05) is 36.7 Å². The molecule has 0 radical (unpaired) electrons. The molecule has 1 heterocycles. The predicted molar refractivity (Wildman–Crippen MR) is 93.9 cm³/mol. The molecule has 23 heavy (non-hydrogen) atoms. The highest BCUT2D eigenvalue weighted by Crippen LogP contribution is 2.16. The predicted octanol–water partition coefficient (Wildman–Crippen LogP) is 2.31. The third-order valence-electron chi connectivity index (χ3n) is 3.69. The van der Waals surface area contributed by atoms with Crippen LogP contribution in [0.25, 0.3) is 0 Å². The van der Waals surface area contributed by atoms with Gasteiger partial charge in [0.2, 0.25) is 0 Å². The van der Waals surface area contributed by atoms with Gasteiger partial charge in [-0.3, -0.25) is 9.98 Å². The van der Waals surface area contributed by atoms with Crippen molar-refractivity contribution in [2.45, 2.75) is 19.9 Å². The molecule has 5 nitrogen and oxygen atoms in total. The summed E-state index contributed by atoms with van der Waals surface area (Å²) in [5, 5.41) is 6.64. The van der Waals surface area contributed by atoms with E-state index in [-0.39, 0.29) is 0 Å². The first-order valence-electron chi connectivity index (χ1n) is 7.70. The van der Waals surface area contributed by atoms with Crippen LogP contribution in [0.15, 0.2) is 47.7 Å². The monoisotopic (exact) mass is 312 g/mol. The second kappa shape index (κ2) is 8.78. The van der Waals surface area contributed by atoms with Gasteiger partial charge in [-0.1, -0.05) is 18.2 Å². The summed E-state index contributed by atoms with van der Waals surface area (Å²) in [6.07, 6.45) is 4.66. The van der Waals surface area contributed by atoms with Crippen LogP contribution in [0.5, 0.6) is 5.75 Å². The molecular weight excluding hydrogens is 288 g/mol. The number of aliphatic imine (C=N–C) groups is 1. The topological polar surface area (TPSA) is 58.5 Å². The van der Waals surface area contributed by atoms with Crippen LogP contribution in [0, 0.1) is 6.92 Å². The highest BCUT2D eigenvalue weighted by atomic mass is 16.5. The van der Waals surface area contributed by atoms with Crippen LogP contribution in [-0.2, 0) is 13.0 Å². The molecular formula is C18H24N4O. The van der Waals surface area contributed by atoms with Crippen LogP contribution >= 0.6 is 0 Å². The molecule has 1 aromatic heterocycles. The van der Waals surface area contributed by atoms with E-state index < -0.39 is 0 Å². The van der Waals surface area contributed by atoms with E-state index in [4.69, 9.17) is 4.74 Å². The molecule has 0 unspecified atom stereocenters. The van der Waals surface area contributed by atoms with Gasteiger partial charge in [0.25, 0.3) is 0 Å². The van der Waals surface area contributed by atoms with Crippen LogP contribution in [0.3, 0.4) is 0 Å². The maximum atomic E-state index is 5.36. The first-order chi connectivity index (χ1) is 11.2. The minimum absolute atomic E-state index is 0.665. The average Bonchev–Trinajstić information content (AvgIpc) is 2.59. The summed E-state index contributed by atoms with van der Waals surface area (Å²) in [6, 6.07) is 10.0. The van der Waals surface area contributed by atoms with Gasteiger partial charge in [-0.15, -0.1) is 0 Å². The Hall–Kier alpha value is -2.56. The Balaban J connectivity index is 1.83. The third kappa shape index (κ3) is 4.98. The van der Waals surface area contributed by atoms with Gasteiger partial charge in [-0.2, -0.15) is 0 Å². The third-order valence-corrected chi connectivity index (χ3v) is 3.69. The largest absolute Gasteiger partial charge is 0.496 e. The lowest BCUT2D eigenvalue weighted by atomic mass is 10.1. The second-order valence-corrected chi connectivity index (χ2v) is 5.22. The molecule has 122 valence electrons. The number of rotatable bonds is 6. The molecule has 2 rings (SSSR count). The molecule has 0 saturated heterocycles. The van der Waals surface area contributed by atoms with Gasteiger partial charge in [-0.05, 0) is 36.6 Å². The Morgan fingerprint density at radius 3 is 2.74 bits per heavy atom.